The fraction of sp³-hybridized carbons (Fsp3) is 0.650. The molecule has 2 N–H and O–H groups in total. The third-order valence-electron chi connectivity index (χ3n) is 5.93. The predicted octanol–water partition coefficient (Wildman–Crippen LogP) is 3.61. The van der Waals surface area contributed by atoms with Gasteiger partial charge in [-0.05, 0) is 68.1 Å². The minimum atomic E-state index is 0. The second-order valence-corrected chi connectivity index (χ2v) is 7.84. The zero-order valence-electron chi connectivity index (χ0n) is 14.9. The van der Waals surface area contributed by atoms with Crippen molar-refractivity contribution < 1.29 is 9.53 Å². The summed E-state index contributed by atoms with van der Waals surface area (Å²) < 4.78 is 5.24. The largest absolute Gasteiger partial charge is 0.497 e. The number of amides is 1. The highest BCUT2D eigenvalue weighted by molar-refractivity contribution is 5.85. The van der Waals surface area contributed by atoms with E-state index in [0.717, 1.165) is 5.75 Å². The van der Waals surface area contributed by atoms with Crippen molar-refractivity contribution in [2.45, 2.75) is 63.1 Å². The minimum Gasteiger partial charge on any atom is -0.497 e. The number of nitrogens with one attached hydrogen (secondary N) is 2. The van der Waals surface area contributed by atoms with Crippen LogP contribution in [0.1, 0.15) is 56.6 Å². The number of piperidine rings is 1. The van der Waals surface area contributed by atoms with Crippen molar-refractivity contribution in [3.8, 4) is 5.75 Å². The molecular formula is C20H29ClN2O2. The summed E-state index contributed by atoms with van der Waals surface area (Å²) in [5.74, 6) is 2.25. The summed E-state index contributed by atoms with van der Waals surface area (Å²) >= 11 is 0. The van der Waals surface area contributed by atoms with Crippen LogP contribution in [-0.2, 0) is 4.79 Å². The standard InChI is InChI=1S/C20H28N2O2.ClH/c1-24-18-8-4-15(5-9-18)20(14-2-3-14)22-19(23)12-13-10-16-6-7-17(11-13)21-16;/h4-5,8-9,13-14,16-17,20-21H,2-3,6-7,10-12H2,1H3,(H,22,23);1H. The van der Waals surface area contributed by atoms with Crippen molar-refractivity contribution in [3.63, 3.8) is 0 Å². The third-order valence-corrected chi connectivity index (χ3v) is 5.93. The Morgan fingerprint density at radius 2 is 1.80 bits per heavy atom. The summed E-state index contributed by atoms with van der Waals surface area (Å²) in [4.78, 5) is 12.6. The molecule has 1 aliphatic carbocycles. The summed E-state index contributed by atoms with van der Waals surface area (Å²) in [6.07, 6.45) is 8.04. The maximum absolute atomic E-state index is 12.6. The Balaban J connectivity index is 0.00000182. The number of carbonyl (C=O) groups is 1. The van der Waals surface area contributed by atoms with Gasteiger partial charge in [-0.2, -0.15) is 0 Å². The van der Waals surface area contributed by atoms with E-state index in [-0.39, 0.29) is 24.4 Å². The molecule has 4 rings (SSSR count). The van der Waals surface area contributed by atoms with Crippen molar-refractivity contribution in [2.75, 3.05) is 7.11 Å². The molecule has 0 radical (unpaired) electrons. The van der Waals surface area contributed by atoms with Gasteiger partial charge >= 0.3 is 0 Å². The van der Waals surface area contributed by atoms with Crippen LogP contribution in [0.25, 0.3) is 0 Å². The first-order chi connectivity index (χ1) is 11.7. The van der Waals surface area contributed by atoms with E-state index in [2.05, 4.69) is 22.8 Å². The van der Waals surface area contributed by atoms with Crippen molar-refractivity contribution >= 4 is 18.3 Å². The van der Waals surface area contributed by atoms with Crippen LogP contribution >= 0.6 is 12.4 Å². The van der Waals surface area contributed by atoms with Crippen molar-refractivity contribution in [3.05, 3.63) is 29.8 Å². The van der Waals surface area contributed by atoms with Crippen molar-refractivity contribution in [1.82, 2.24) is 10.6 Å². The molecule has 1 aromatic carbocycles. The number of hydrogen-bond acceptors (Lipinski definition) is 3. The quantitative estimate of drug-likeness (QED) is 0.810. The molecule has 1 saturated carbocycles. The summed E-state index contributed by atoms with van der Waals surface area (Å²) in [6, 6.07) is 9.63. The third kappa shape index (κ3) is 4.48. The first-order valence-corrected chi connectivity index (χ1v) is 9.40. The van der Waals surface area contributed by atoms with Gasteiger partial charge in [0.15, 0.2) is 0 Å². The van der Waals surface area contributed by atoms with E-state index in [9.17, 15) is 4.79 Å². The number of fused-ring (bicyclic) bond motifs is 2. The molecule has 25 heavy (non-hydrogen) atoms. The Morgan fingerprint density at radius 3 is 2.36 bits per heavy atom. The molecule has 2 heterocycles. The zero-order valence-corrected chi connectivity index (χ0v) is 15.7. The second-order valence-electron chi connectivity index (χ2n) is 7.84. The van der Waals surface area contributed by atoms with Crippen LogP contribution in [-0.4, -0.2) is 25.1 Å². The Morgan fingerprint density at radius 1 is 1.16 bits per heavy atom. The smallest absolute Gasteiger partial charge is 0.220 e. The van der Waals surface area contributed by atoms with E-state index in [1.807, 2.05) is 12.1 Å². The van der Waals surface area contributed by atoms with Crippen LogP contribution in [0.4, 0.5) is 0 Å². The first kappa shape index (κ1) is 18.5. The summed E-state index contributed by atoms with van der Waals surface area (Å²) in [5, 5.41) is 6.99. The molecule has 2 aliphatic heterocycles. The van der Waals surface area contributed by atoms with Crippen LogP contribution in [0.3, 0.4) is 0 Å². The van der Waals surface area contributed by atoms with Crippen molar-refractivity contribution in [1.29, 1.82) is 0 Å². The number of rotatable bonds is 6. The highest BCUT2D eigenvalue weighted by Gasteiger charge is 2.36. The molecular weight excluding hydrogens is 336 g/mol. The number of benzene rings is 1. The lowest BCUT2D eigenvalue weighted by Gasteiger charge is -2.29. The van der Waals surface area contributed by atoms with Gasteiger partial charge in [-0.25, -0.2) is 0 Å². The molecule has 1 aromatic rings. The lowest BCUT2D eigenvalue weighted by molar-refractivity contribution is -0.123. The van der Waals surface area contributed by atoms with Crippen LogP contribution < -0.4 is 15.4 Å². The Bertz CT molecular complexity index is 576. The van der Waals surface area contributed by atoms with Gasteiger partial charge in [0, 0.05) is 18.5 Å². The van der Waals surface area contributed by atoms with Gasteiger partial charge in [0.1, 0.15) is 5.75 Å². The molecule has 2 bridgehead atoms. The monoisotopic (exact) mass is 364 g/mol. The summed E-state index contributed by atoms with van der Waals surface area (Å²) in [6.45, 7) is 0. The maximum atomic E-state index is 12.6. The molecule has 0 spiro atoms. The molecule has 0 aromatic heterocycles. The Labute approximate surface area is 156 Å². The molecule has 2 saturated heterocycles. The minimum absolute atomic E-state index is 0. The molecule has 5 heteroatoms. The number of hydrogen-bond donors (Lipinski definition) is 2. The lowest BCUT2D eigenvalue weighted by atomic mass is 9.89. The van der Waals surface area contributed by atoms with Crippen LogP contribution in [0.5, 0.6) is 5.75 Å². The van der Waals surface area contributed by atoms with E-state index in [4.69, 9.17) is 4.74 Å². The van der Waals surface area contributed by atoms with E-state index in [1.165, 1.54) is 44.1 Å². The van der Waals surface area contributed by atoms with Gasteiger partial charge in [0.05, 0.1) is 13.2 Å². The first-order valence-electron chi connectivity index (χ1n) is 9.40. The molecule has 3 atom stereocenters. The molecule has 3 fully saturated rings. The van der Waals surface area contributed by atoms with E-state index in [0.29, 0.717) is 30.3 Å². The predicted molar refractivity (Wildman–Crippen MR) is 101 cm³/mol. The molecule has 4 nitrogen and oxygen atoms in total. The van der Waals surface area contributed by atoms with Crippen LogP contribution in [0.2, 0.25) is 0 Å². The van der Waals surface area contributed by atoms with Crippen LogP contribution in [0.15, 0.2) is 24.3 Å². The maximum Gasteiger partial charge on any atom is 0.220 e. The Hall–Kier alpha value is -1.26. The molecule has 3 unspecified atom stereocenters. The number of ether oxygens (including phenoxy) is 1. The molecule has 3 aliphatic rings. The normalized spacial score (nSPS) is 28.8. The molecule has 1 amide bonds. The number of carbonyl (C=O) groups excluding carboxylic acids is 1. The van der Waals surface area contributed by atoms with E-state index in [1.54, 1.807) is 7.11 Å². The topological polar surface area (TPSA) is 50.4 Å². The van der Waals surface area contributed by atoms with Crippen molar-refractivity contribution in [2.24, 2.45) is 11.8 Å². The second kappa shape index (κ2) is 7.96. The van der Waals surface area contributed by atoms with E-state index >= 15 is 0 Å². The summed E-state index contributed by atoms with van der Waals surface area (Å²) in [5.41, 5.74) is 1.21. The fourth-order valence-electron chi connectivity index (χ4n) is 4.55. The van der Waals surface area contributed by atoms with Crippen LogP contribution in [0, 0.1) is 11.8 Å². The average Bonchev–Trinajstić information content (AvgIpc) is 3.37. The van der Waals surface area contributed by atoms with Gasteiger partial charge in [0.2, 0.25) is 5.91 Å². The number of halogens is 1. The highest BCUT2D eigenvalue weighted by Crippen LogP contribution is 2.41. The zero-order chi connectivity index (χ0) is 16.5. The Kier molecular flexibility index (Phi) is 5.90. The van der Waals surface area contributed by atoms with Gasteiger partial charge in [-0.15, -0.1) is 12.4 Å². The fourth-order valence-corrected chi connectivity index (χ4v) is 4.55. The lowest BCUT2D eigenvalue weighted by Crippen LogP contribution is -2.40. The SMILES string of the molecule is COc1ccc(C(NC(=O)CC2CC3CCC(C2)N3)C2CC2)cc1.Cl. The average molecular weight is 365 g/mol. The summed E-state index contributed by atoms with van der Waals surface area (Å²) in [7, 11) is 1.68. The van der Waals surface area contributed by atoms with Gasteiger partial charge < -0.3 is 15.4 Å². The van der Waals surface area contributed by atoms with E-state index < -0.39 is 0 Å². The van der Waals surface area contributed by atoms with Gasteiger partial charge in [-0.3, -0.25) is 4.79 Å². The molecule has 138 valence electrons. The number of methoxy groups -OCH3 is 1. The van der Waals surface area contributed by atoms with Gasteiger partial charge in [0.25, 0.3) is 0 Å². The highest BCUT2D eigenvalue weighted by atomic mass is 35.5. The van der Waals surface area contributed by atoms with Gasteiger partial charge in [-0.1, -0.05) is 12.1 Å².